The summed E-state index contributed by atoms with van der Waals surface area (Å²) in [5.41, 5.74) is 0.772. The molecule has 0 radical (unpaired) electrons. The summed E-state index contributed by atoms with van der Waals surface area (Å²) in [7, 11) is 1.24. The number of hydrogen-bond donors (Lipinski definition) is 0. The number of fused-ring (bicyclic) bond motifs is 1. The summed E-state index contributed by atoms with van der Waals surface area (Å²) in [6.45, 7) is 0. The van der Waals surface area contributed by atoms with E-state index < -0.39 is 18.0 Å². The molecule has 0 bridgehead atoms. The van der Waals surface area contributed by atoms with E-state index >= 15 is 0 Å². The molecule has 0 spiro atoms. The predicted octanol–water partition coefficient (Wildman–Crippen LogP) is 2.66. The van der Waals surface area contributed by atoms with Crippen molar-refractivity contribution in [3.8, 4) is 10.6 Å². The summed E-state index contributed by atoms with van der Waals surface area (Å²) in [5, 5.41) is 10.7. The highest BCUT2D eigenvalue weighted by molar-refractivity contribution is 7.19. The third kappa shape index (κ3) is 2.41. The lowest BCUT2D eigenvalue weighted by atomic mass is 10.1. The number of methoxy groups -OCH3 is 1. The Morgan fingerprint density at radius 2 is 2.09 bits per heavy atom. The Balaban J connectivity index is 2.08. The standard InChI is InChI=1S/C12H7F3N4O2S/c1-21-9(20)7-4-2-3-6(5-7)8-18-19-10(12(13,14)15)16-17-11(19)22-8/h2-5H,1H3. The molecule has 0 fully saturated rings. The third-order valence-corrected chi connectivity index (χ3v) is 3.72. The van der Waals surface area contributed by atoms with Crippen LogP contribution in [-0.4, -0.2) is 32.9 Å². The van der Waals surface area contributed by atoms with E-state index in [9.17, 15) is 18.0 Å². The maximum Gasteiger partial charge on any atom is 0.453 e. The van der Waals surface area contributed by atoms with Gasteiger partial charge in [0.05, 0.1) is 12.7 Å². The molecule has 0 atom stereocenters. The molecule has 0 N–H and O–H groups in total. The first-order chi connectivity index (χ1) is 10.4. The fourth-order valence-electron chi connectivity index (χ4n) is 1.81. The molecule has 0 aliphatic carbocycles. The molecule has 0 saturated heterocycles. The van der Waals surface area contributed by atoms with Crippen LogP contribution in [0.5, 0.6) is 0 Å². The van der Waals surface area contributed by atoms with E-state index in [1.54, 1.807) is 12.1 Å². The molecule has 6 nitrogen and oxygen atoms in total. The average Bonchev–Trinajstić information content (AvgIpc) is 3.05. The Morgan fingerprint density at radius 1 is 1.32 bits per heavy atom. The maximum atomic E-state index is 12.8. The molecule has 0 amide bonds. The minimum Gasteiger partial charge on any atom is -0.465 e. The highest BCUT2D eigenvalue weighted by atomic mass is 32.1. The van der Waals surface area contributed by atoms with E-state index in [2.05, 4.69) is 20.0 Å². The number of rotatable bonds is 2. The van der Waals surface area contributed by atoms with Gasteiger partial charge in [0.25, 0.3) is 5.82 Å². The Labute approximate surface area is 125 Å². The quantitative estimate of drug-likeness (QED) is 0.677. The van der Waals surface area contributed by atoms with Gasteiger partial charge in [0, 0.05) is 5.56 Å². The summed E-state index contributed by atoms with van der Waals surface area (Å²) < 4.78 is 43.5. The van der Waals surface area contributed by atoms with E-state index in [4.69, 9.17) is 0 Å². The fourth-order valence-corrected chi connectivity index (χ4v) is 2.64. The van der Waals surface area contributed by atoms with Gasteiger partial charge in [-0.25, -0.2) is 4.79 Å². The largest absolute Gasteiger partial charge is 0.465 e. The van der Waals surface area contributed by atoms with Gasteiger partial charge < -0.3 is 4.74 Å². The van der Waals surface area contributed by atoms with Crippen molar-refractivity contribution in [1.29, 1.82) is 0 Å². The fraction of sp³-hybridized carbons (Fsp3) is 0.167. The monoisotopic (exact) mass is 328 g/mol. The number of aromatic nitrogens is 4. The van der Waals surface area contributed by atoms with Crippen LogP contribution in [0.4, 0.5) is 13.2 Å². The van der Waals surface area contributed by atoms with E-state index in [0.29, 0.717) is 15.1 Å². The Morgan fingerprint density at radius 3 is 2.77 bits per heavy atom. The highest BCUT2D eigenvalue weighted by Gasteiger charge is 2.38. The van der Waals surface area contributed by atoms with Gasteiger partial charge in [0.1, 0.15) is 5.01 Å². The second-order valence-electron chi connectivity index (χ2n) is 4.20. The van der Waals surface area contributed by atoms with Crippen LogP contribution in [0.15, 0.2) is 24.3 Å². The predicted molar refractivity (Wildman–Crippen MR) is 70.4 cm³/mol. The van der Waals surface area contributed by atoms with Crippen molar-refractivity contribution in [2.45, 2.75) is 6.18 Å². The minimum atomic E-state index is -4.64. The zero-order chi connectivity index (χ0) is 15.9. The number of ether oxygens (including phenoxy) is 1. The van der Waals surface area contributed by atoms with Crippen molar-refractivity contribution in [3.05, 3.63) is 35.7 Å². The molecule has 10 heteroatoms. The normalized spacial score (nSPS) is 11.8. The first-order valence-electron chi connectivity index (χ1n) is 5.88. The number of halogens is 3. The van der Waals surface area contributed by atoms with Gasteiger partial charge in [-0.15, -0.1) is 10.2 Å². The number of alkyl halides is 3. The van der Waals surface area contributed by atoms with Gasteiger partial charge in [-0.2, -0.15) is 22.8 Å². The van der Waals surface area contributed by atoms with Crippen LogP contribution in [0.25, 0.3) is 15.5 Å². The molecule has 0 aliphatic heterocycles. The second-order valence-corrected chi connectivity index (χ2v) is 5.15. The first kappa shape index (κ1) is 14.4. The van der Waals surface area contributed by atoms with Gasteiger partial charge in [0.15, 0.2) is 0 Å². The van der Waals surface area contributed by atoms with Crippen LogP contribution < -0.4 is 0 Å². The Kier molecular flexibility index (Phi) is 3.32. The van der Waals surface area contributed by atoms with Crippen molar-refractivity contribution in [2.24, 2.45) is 0 Å². The van der Waals surface area contributed by atoms with Crippen molar-refractivity contribution in [2.75, 3.05) is 7.11 Å². The summed E-state index contributed by atoms with van der Waals surface area (Å²) in [6.07, 6.45) is -4.64. The molecule has 3 rings (SSSR count). The van der Waals surface area contributed by atoms with Crippen molar-refractivity contribution >= 4 is 22.3 Å². The van der Waals surface area contributed by atoms with Gasteiger partial charge in [-0.3, -0.25) is 0 Å². The summed E-state index contributed by atoms with van der Waals surface area (Å²) in [4.78, 5) is 11.5. The average molecular weight is 328 g/mol. The van der Waals surface area contributed by atoms with Crippen molar-refractivity contribution in [1.82, 2.24) is 19.8 Å². The Bertz CT molecular complexity index is 856. The molecule has 0 unspecified atom stereocenters. The molecule has 0 aliphatic rings. The molecule has 114 valence electrons. The zero-order valence-corrected chi connectivity index (χ0v) is 11.8. The molecule has 3 aromatic rings. The maximum absolute atomic E-state index is 12.8. The number of carbonyl (C=O) groups excluding carboxylic acids is 1. The number of carbonyl (C=O) groups is 1. The second kappa shape index (κ2) is 5.05. The molecule has 22 heavy (non-hydrogen) atoms. The minimum absolute atomic E-state index is 0.0193. The van der Waals surface area contributed by atoms with Crippen LogP contribution in [-0.2, 0) is 10.9 Å². The SMILES string of the molecule is COC(=O)c1cccc(-c2nn3c(C(F)(F)F)nnc3s2)c1. The smallest absolute Gasteiger partial charge is 0.453 e. The molecular weight excluding hydrogens is 321 g/mol. The van der Waals surface area contributed by atoms with E-state index in [1.807, 2.05) is 0 Å². The molecule has 1 aromatic carbocycles. The highest BCUT2D eigenvalue weighted by Crippen LogP contribution is 2.31. The third-order valence-electron chi connectivity index (χ3n) is 2.78. The lowest BCUT2D eigenvalue weighted by molar-refractivity contribution is -0.146. The molecule has 0 saturated carbocycles. The molecule has 2 heterocycles. The molecular formula is C12H7F3N4O2S. The number of esters is 1. The van der Waals surface area contributed by atoms with Crippen molar-refractivity contribution < 1.29 is 22.7 Å². The van der Waals surface area contributed by atoms with Crippen LogP contribution in [0, 0.1) is 0 Å². The van der Waals surface area contributed by atoms with E-state index in [0.717, 1.165) is 11.3 Å². The van der Waals surface area contributed by atoms with Crippen LogP contribution in [0.3, 0.4) is 0 Å². The Hall–Kier alpha value is -2.49. The lowest BCUT2D eigenvalue weighted by Crippen LogP contribution is -2.11. The lowest BCUT2D eigenvalue weighted by Gasteiger charge is -2.01. The van der Waals surface area contributed by atoms with Gasteiger partial charge in [-0.1, -0.05) is 23.5 Å². The van der Waals surface area contributed by atoms with Gasteiger partial charge >= 0.3 is 12.1 Å². The van der Waals surface area contributed by atoms with Crippen molar-refractivity contribution in [3.63, 3.8) is 0 Å². The zero-order valence-electron chi connectivity index (χ0n) is 11.0. The summed E-state index contributed by atoms with van der Waals surface area (Å²) in [6, 6.07) is 6.25. The van der Waals surface area contributed by atoms with Crippen LogP contribution in [0.2, 0.25) is 0 Å². The number of benzene rings is 1. The summed E-state index contributed by atoms with van der Waals surface area (Å²) >= 11 is 0.941. The van der Waals surface area contributed by atoms with Gasteiger partial charge in [-0.05, 0) is 12.1 Å². The van der Waals surface area contributed by atoms with Gasteiger partial charge in [0.2, 0.25) is 4.96 Å². The number of hydrogen-bond acceptors (Lipinski definition) is 6. The topological polar surface area (TPSA) is 69.4 Å². The first-order valence-corrected chi connectivity index (χ1v) is 6.70. The summed E-state index contributed by atoms with van der Waals surface area (Å²) in [5.74, 6) is -1.73. The van der Waals surface area contributed by atoms with Crippen LogP contribution in [0.1, 0.15) is 16.2 Å². The molecule has 2 aromatic heterocycles. The van der Waals surface area contributed by atoms with Crippen LogP contribution >= 0.6 is 11.3 Å². The van der Waals surface area contributed by atoms with E-state index in [-0.39, 0.29) is 10.5 Å². The number of nitrogens with zero attached hydrogens (tertiary/aromatic N) is 4. The van der Waals surface area contributed by atoms with E-state index in [1.165, 1.54) is 19.2 Å².